The minimum Gasteiger partial charge on any atom is -0.431 e. The minimum atomic E-state index is -0.223. The quantitative estimate of drug-likeness (QED) is 0.653. The Balaban J connectivity index is 1.32. The van der Waals surface area contributed by atoms with Crippen LogP contribution in [-0.2, 0) is 4.79 Å². The molecular weight excluding hydrogens is 377 g/mol. The van der Waals surface area contributed by atoms with Gasteiger partial charge in [0.25, 0.3) is 5.22 Å². The number of aromatic nitrogens is 1. The van der Waals surface area contributed by atoms with Crippen molar-refractivity contribution in [1.82, 2.24) is 10.3 Å². The van der Waals surface area contributed by atoms with Gasteiger partial charge in [-0.05, 0) is 55.7 Å². The Morgan fingerprint density at radius 1 is 1.36 bits per heavy atom. The van der Waals surface area contributed by atoms with E-state index in [-0.39, 0.29) is 23.5 Å². The van der Waals surface area contributed by atoms with Crippen LogP contribution in [0.3, 0.4) is 0 Å². The van der Waals surface area contributed by atoms with Gasteiger partial charge in [-0.1, -0.05) is 23.9 Å². The van der Waals surface area contributed by atoms with E-state index in [0.717, 1.165) is 48.3 Å². The lowest BCUT2D eigenvalue weighted by Crippen LogP contribution is -2.48. The van der Waals surface area contributed by atoms with Crippen molar-refractivity contribution in [1.29, 1.82) is 0 Å². The van der Waals surface area contributed by atoms with Gasteiger partial charge >= 0.3 is 0 Å². The van der Waals surface area contributed by atoms with Gasteiger partial charge in [0.1, 0.15) is 11.3 Å². The first-order valence-corrected chi connectivity index (χ1v) is 10.4. The number of carbonyl (C=O) groups is 1. The highest BCUT2D eigenvalue weighted by atomic mass is 32.2. The number of oxazole rings is 1. The Kier molecular flexibility index (Phi) is 5.52. The molecular formula is C21H22FN3O2S. The highest BCUT2D eigenvalue weighted by Crippen LogP contribution is 2.25. The zero-order valence-corrected chi connectivity index (χ0v) is 16.5. The minimum absolute atomic E-state index is 0.0325. The summed E-state index contributed by atoms with van der Waals surface area (Å²) in [6.45, 7) is 3.56. The molecule has 7 heteroatoms. The molecule has 1 aliphatic rings. The monoisotopic (exact) mass is 399 g/mol. The van der Waals surface area contributed by atoms with Gasteiger partial charge in [-0.2, -0.15) is 0 Å². The average molecular weight is 399 g/mol. The predicted molar refractivity (Wildman–Crippen MR) is 109 cm³/mol. The van der Waals surface area contributed by atoms with Gasteiger partial charge < -0.3 is 14.6 Å². The van der Waals surface area contributed by atoms with Crippen LogP contribution in [0, 0.1) is 12.7 Å². The molecule has 2 aromatic carbocycles. The second kappa shape index (κ2) is 8.22. The molecule has 0 unspecified atom stereocenters. The number of para-hydroxylation sites is 2. The van der Waals surface area contributed by atoms with Crippen molar-refractivity contribution in [2.24, 2.45) is 0 Å². The molecule has 146 valence electrons. The van der Waals surface area contributed by atoms with E-state index in [2.05, 4.69) is 15.2 Å². The average Bonchev–Trinajstić information content (AvgIpc) is 3.10. The third-order valence-electron chi connectivity index (χ3n) is 4.89. The first-order chi connectivity index (χ1) is 13.6. The number of thioether (sulfide) groups is 1. The fourth-order valence-corrected chi connectivity index (χ4v) is 4.25. The third kappa shape index (κ3) is 4.30. The summed E-state index contributed by atoms with van der Waals surface area (Å²) < 4.78 is 19.0. The maximum Gasteiger partial charge on any atom is 0.257 e. The molecule has 1 atom stereocenters. The van der Waals surface area contributed by atoms with Crippen LogP contribution >= 0.6 is 11.8 Å². The molecule has 0 saturated carbocycles. The number of halogens is 1. The van der Waals surface area contributed by atoms with Crippen molar-refractivity contribution in [2.75, 3.05) is 23.7 Å². The van der Waals surface area contributed by atoms with Gasteiger partial charge in [0.15, 0.2) is 5.58 Å². The van der Waals surface area contributed by atoms with Crippen LogP contribution in [0.15, 0.2) is 52.1 Å². The number of benzene rings is 2. The van der Waals surface area contributed by atoms with Gasteiger partial charge in [0, 0.05) is 24.8 Å². The van der Waals surface area contributed by atoms with Gasteiger partial charge in [-0.25, -0.2) is 9.37 Å². The summed E-state index contributed by atoms with van der Waals surface area (Å²) in [6.07, 6.45) is 1.93. The molecule has 4 rings (SSSR count). The maximum absolute atomic E-state index is 13.4. The molecule has 1 aromatic heterocycles. The SMILES string of the molecule is Cc1cc(F)ccc1N1CCC[C@H](NC(=O)CSc2nc3ccccc3o2)C1. The molecule has 0 aliphatic carbocycles. The van der Waals surface area contributed by atoms with Gasteiger partial charge in [0.2, 0.25) is 5.91 Å². The molecule has 1 amide bonds. The third-order valence-corrected chi connectivity index (χ3v) is 5.72. The Labute approximate surface area is 167 Å². The number of nitrogens with one attached hydrogen (secondary N) is 1. The van der Waals surface area contributed by atoms with Crippen molar-refractivity contribution < 1.29 is 13.6 Å². The van der Waals surface area contributed by atoms with E-state index in [0.29, 0.717) is 5.22 Å². The number of anilines is 1. The molecule has 0 radical (unpaired) electrons. The normalized spacial score (nSPS) is 17.1. The van der Waals surface area contributed by atoms with Crippen molar-refractivity contribution >= 4 is 34.5 Å². The van der Waals surface area contributed by atoms with Crippen LogP contribution in [0.4, 0.5) is 10.1 Å². The summed E-state index contributed by atoms with van der Waals surface area (Å²) in [7, 11) is 0. The van der Waals surface area contributed by atoms with Gasteiger partial charge in [0.05, 0.1) is 5.75 Å². The number of carbonyl (C=O) groups excluding carboxylic acids is 1. The summed E-state index contributed by atoms with van der Waals surface area (Å²) in [5.41, 5.74) is 3.46. The van der Waals surface area contributed by atoms with Crippen LogP contribution in [0.25, 0.3) is 11.1 Å². The Morgan fingerprint density at radius 2 is 2.21 bits per heavy atom. The lowest BCUT2D eigenvalue weighted by molar-refractivity contribution is -0.119. The molecule has 0 spiro atoms. The van der Waals surface area contributed by atoms with Crippen molar-refractivity contribution in [3.63, 3.8) is 0 Å². The van der Waals surface area contributed by atoms with Gasteiger partial charge in [-0.15, -0.1) is 0 Å². The molecule has 3 aromatic rings. The number of hydrogen-bond donors (Lipinski definition) is 1. The number of amides is 1. The molecule has 1 N–H and O–H groups in total. The number of fused-ring (bicyclic) bond motifs is 1. The van der Waals surface area contributed by atoms with Crippen LogP contribution in [0.2, 0.25) is 0 Å². The first-order valence-electron chi connectivity index (χ1n) is 9.37. The van der Waals surface area contributed by atoms with Crippen molar-refractivity contribution in [2.45, 2.75) is 31.0 Å². The highest BCUT2D eigenvalue weighted by Gasteiger charge is 2.23. The molecule has 1 saturated heterocycles. The number of nitrogens with zero attached hydrogens (tertiary/aromatic N) is 2. The molecule has 5 nitrogen and oxygen atoms in total. The van der Waals surface area contributed by atoms with Crippen LogP contribution in [0.5, 0.6) is 0 Å². The first kappa shape index (κ1) is 18.8. The predicted octanol–water partition coefficient (Wildman–Crippen LogP) is 4.15. The Morgan fingerprint density at radius 3 is 3.04 bits per heavy atom. The lowest BCUT2D eigenvalue weighted by Gasteiger charge is -2.35. The Bertz CT molecular complexity index is 958. The second-order valence-corrected chi connectivity index (χ2v) is 7.95. The molecule has 1 aliphatic heterocycles. The largest absolute Gasteiger partial charge is 0.431 e. The molecule has 2 heterocycles. The van der Waals surface area contributed by atoms with E-state index in [1.807, 2.05) is 37.3 Å². The summed E-state index contributed by atoms with van der Waals surface area (Å²) in [5.74, 6) is 0.00749. The van der Waals surface area contributed by atoms with Crippen molar-refractivity contribution in [3.8, 4) is 0 Å². The number of hydrogen-bond acceptors (Lipinski definition) is 5. The summed E-state index contributed by atoms with van der Waals surface area (Å²) in [6, 6.07) is 12.5. The topological polar surface area (TPSA) is 58.4 Å². The molecule has 0 bridgehead atoms. The second-order valence-electron chi connectivity index (χ2n) is 7.02. The van der Waals surface area contributed by atoms with E-state index in [4.69, 9.17) is 4.42 Å². The van der Waals surface area contributed by atoms with E-state index < -0.39 is 0 Å². The number of rotatable bonds is 5. The van der Waals surface area contributed by atoms with E-state index in [1.54, 1.807) is 6.07 Å². The fourth-order valence-electron chi connectivity index (χ4n) is 3.60. The highest BCUT2D eigenvalue weighted by molar-refractivity contribution is 7.99. The Hall–Kier alpha value is -2.54. The zero-order chi connectivity index (χ0) is 19.5. The number of aryl methyl sites for hydroxylation is 1. The van der Waals surface area contributed by atoms with Crippen LogP contribution in [0.1, 0.15) is 18.4 Å². The van der Waals surface area contributed by atoms with Gasteiger partial charge in [-0.3, -0.25) is 4.79 Å². The zero-order valence-electron chi connectivity index (χ0n) is 15.7. The van der Waals surface area contributed by atoms with E-state index >= 15 is 0 Å². The number of piperidine rings is 1. The summed E-state index contributed by atoms with van der Waals surface area (Å²) in [4.78, 5) is 19.0. The summed E-state index contributed by atoms with van der Waals surface area (Å²) in [5, 5.41) is 3.61. The summed E-state index contributed by atoms with van der Waals surface area (Å²) >= 11 is 1.30. The fraction of sp³-hybridized carbons (Fsp3) is 0.333. The lowest BCUT2D eigenvalue weighted by atomic mass is 10.0. The maximum atomic E-state index is 13.4. The van der Waals surface area contributed by atoms with Crippen molar-refractivity contribution in [3.05, 3.63) is 53.8 Å². The van der Waals surface area contributed by atoms with E-state index in [1.165, 1.54) is 17.8 Å². The van der Waals surface area contributed by atoms with Crippen LogP contribution in [-0.4, -0.2) is 35.8 Å². The standard InChI is InChI=1S/C21H22FN3O2S/c1-14-11-15(22)8-9-18(14)25-10-4-5-16(12-25)23-20(26)13-28-21-24-17-6-2-3-7-19(17)27-21/h2-3,6-9,11,16H,4-5,10,12-13H2,1H3,(H,23,26)/t16-/m0/s1. The van der Waals surface area contributed by atoms with Crippen LogP contribution < -0.4 is 10.2 Å². The smallest absolute Gasteiger partial charge is 0.257 e. The molecule has 1 fully saturated rings. The van der Waals surface area contributed by atoms with E-state index in [9.17, 15) is 9.18 Å². The molecule has 28 heavy (non-hydrogen) atoms.